The maximum absolute atomic E-state index is 13.0. The minimum absolute atomic E-state index is 0.0885. The van der Waals surface area contributed by atoms with E-state index in [9.17, 15) is 4.79 Å². The highest BCUT2D eigenvalue weighted by Crippen LogP contribution is 2.60. The predicted octanol–water partition coefficient (Wildman–Crippen LogP) is 2.75. The number of aromatic nitrogens is 2. The molecule has 0 bridgehead atoms. The van der Waals surface area contributed by atoms with E-state index in [0.29, 0.717) is 11.8 Å². The van der Waals surface area contributed by atoms with E-state index in [1.807, 2.05) is 12.1 Å². The summed E-state index contributed by atoms with van der Waals surface area (Å²) in [7, 11) is 0. The van der Waals surface area contributed by atoms with Gasteiger partial charge in [-0.25, -0.2) is 0 Å². The standard InChI is InChI=1S/C19H28N4O/c1-14(2)13-15-17(19(15,3)4)18(24)23-10-6-9-22(11-12-23)16-7-5-8-20-21-16/h5,7-8,13,15,17H,6,9-12H2,1-4H3/t15-,17-/m0/s1. The van der Waals surface area contributed by atoms with Crippen LogP contribution in [0.25, 0.3) is 0 Å². The van der Waals surface area contributed by atoms with Crippen molar-refractivity contribution < 1.29 is 4.79 Å². The molecule has 2 atom stereocenters. The third kappa shape index (κ3) is 3.30. The molecule has 3 rings (SSSR count). The molecule has 1 saturated heterocycles. The first-order valence-corrected chi connectivity index (χ1v) is 8.87. The molecule has 0 aromatic carbocycles. The van der Waals surface area contributed by atoms with Gasteiger partial charge in [0.05, 0.1) is 5.92 Å². The summed E-state index contributed by atoms with van der Waals surface area (Å²) >= 11 is 0. The molecule has 1 aromatic heterocycles. The quantitative estimate of drug-likeness (QED) is 0.801. The molecule has 1 saturated carbocycles. The first-order valence-electron chi connectivity index (χ1n) is 8.87. The molecule has 2 fully saturated rings. The Kier molecular flexibility index (Phi) is 4.61. The van der Waals surface area contributed by atoms with Gasteiger partial charge in [-0.3, -0.25) is 4.79 Å². The number of allylic oxidation sites excluding steroid dienone is 2. The van der Waals surface area contributed by atoms with Crippen LogP contribution in [0.3, 0.4) is 0 Å². The molecule has 0 unspecified atom stereocenters. The summed E-state index contributed by atoms with van der Waals surface area (Å²) < 4.78 is 0. The minimum atomic E-state index is 0.0885. The van der Waals surface area contributed by atoms with Crippen LogP contribution in [0.4, 0.5) is 5.82 Å². The van der Waals surface area contributed by atoms with Crippen LogP contribution < -0.4 is 4.90 Å². The largest absolute Gasteiger partial charge is 0.353 e. The number of carbonyl (C=O) groups is 1. The fourth-order valence-electron chi connectivity index (χ4n) is 3.85. The second kappa shape index (κ2) is 6.54. The predicted molar refractivity (Wildman–Crippen MR) is 95.6 cm³/mol. The monoisotopic (exact) mass is 328 g/mol. The van der Waals surface area contributed by atoms with E-state index in [4.69, 9.17) is 0 Å². The Morgan fingerprint density at radius 2 is 2.04 bits per heavy atom. The molecule has 1 aliphatic heterocycles. The second-order valence-electron chi connectivity index (χ2n) is 7.82. The first-order chi connectivity index (χ1) is 11.4. The molecule has 1 aliphatic carbocycles. The Morgan fingerprint density at radius 1 is 1.25 bits per heavy atom. The summed E-state index contributed by atoms with van der Waals surface area (Å²) in [5, 5.41) is 8.15. The van der Waals surface area contributed by atoms with Crippen LogP contribution in [0.2, 0.25) is 0 Å². The highest BCUT2D eigenvalue weighted by Gasteiger charge is 2.61. The van der Waals surface area contributed by atoms with Crippen LogP contribution in [0.1, 0.15) is 34.1 Å². The van der Waals surface area contributed by atoms with Crippen LogP contribution in [-0.4, -0.2) is 47.2 Å². The van der Waals surface area contributed by atoms with Gasteiger partial charge in [0.1, 0.15) is 0 Å². The number of hydrogen-bond donors (Lipinski definition) is 0. The van der Waals surface area contributed by atoms with Gasteiger partial charge < -0.3 is 9.80 Å². The molecule has 130 valence electrons. The first kappa shape index (κ1) is 16.9. The van der Waals surface area contributed by atoms with Crippen molar-refractivity contribution in [1.29, 1.82) is 0 Å². The van der Waals surface area contributed by atoms with E-state index in [1.165, 1.54) is 5.57 Å². The number of hydrogen-bond acceptors (Lipinski definition) is 4. The van der Waals surface area contributed by atoms with Crippen molar-refractivity contribution in [3.8, 4) is 0 Å². The van der Waals surface area contributed by atoms with Gasteiger partial charge in [-0.1, -0.05) is 25.5 Å². The molecule has 24 heavy (non-hydrogen) atoms. The van der Waals surface area contributed by atoms with Crippen molar-refractivity contribution in [1.82, 2.24) is 15.1 Å². The van der Waals surface area contributed by atoms with E-state index < -0.39 is 0 Å². The van der Waals surface area contributed by atoms with E-state index in [-0.39, 0.29) is 11.3 Å². The van der Waals surface area contributed by atoms with Crippen molar-refractivity contribution in [2.75, 3.05) is 31.1 Å². The number of nitrogens with zero attached hydrogens (tertiary/aromatic N) is 4. The molecule has 0 spiro atoms. The Balaban J connectivity index is 1.64. The van der Waals surface area contributed by atoms with Gasteiger partial charge in [0.25, 0.3) is 0 Å². The lowest BCUT2D eigenvalue weighted by Gasteiger charge is -2.23. The topological polar surface area (TPSA) is 49.3 Å². The summed E-state index contributed by atoms with van der Waals surface area (Å²) in [6, 6.07) is 3.90. The smallest absolute Gasteiger partial charge is 0.226 e. The lowest BCUT2D eigenvalue weighted by molar-refractivity contribution is -0.133. The summed E-state index contributed by atoms with van der Waals surface area (Å²) in [5.41, 5.74) is 1.39. The van der Waals surface area contributed by atoms with Crippen LogP contribution >= 0.6 is 0 Å². The Bertz CT molecular complexity index is 622. The van der Waals surface area contributed by atoms with Crippen molar-refractivity contribution in [2.45, 2.75) is 34.1 Å². The third-order valence-corrected chi connectivity index (χ3v) is 5.38. The molecule has 1 aromatic rings. The zero-order valence-corrected chi connectivity index (χ0v) is 15.2. The molecule has 5 heteroatoms. The molecule has 5 nitrogen and oxygen atoms in total. The fraction of sp³-hybridized carbons (Fsp3) is 0.632. The lowest BCUT2D eigenvalue weighted by atomic mass is 10.1. The van der Waals surface area contributed by atoms with E-state index in [0.717, 1.165) is 38.4 Å². The summed E-state index contributed by atoms with van der Waals surface area (Å²) in [5.74, 6) is 1.74. The van der Waals surface area contributed by atoms with Crippen LogP contribution in [0.5, 0.6) is 0 Å². The number of amides is 1. The van der Waals surface area contributed by atoms with Gasteiger partial charge in [-0.05, 0) is 43.7 Å². The van der Waals surface area contributed by atoms with Crippen LogP contribution in [-0.2, 0) is 4.79 Å². The van der Waals surface area contributed by atoms with Gasteiger partial charge in [-0.15, -0.1) is 5.10 Å². The third-order valence-electron chi connectivity index (χ3n) is 5.38. The average molecular weight is 328 g/mol. The number of carbonyl (C=O) groups excluding carboxylic acids is 1. The molecule has 2 aliphatic rings. The molecular formula is C19H28N4O. The van der Waals surface area contributed by atoms with Gasteiger partial charge >= 0.3 is 0 Å². The van der Waals surface area contributed by atoms with Crippen LogP contribution in [0.15, 0.2) is 30.0 Å². The van der Waals surface area contributed by atoms with Crippen molar-refractivity contribution in [3.05, 3.63) is 30.0 Å². The average Bonchev–Trinajstić information content (AvgIpc) is 3.17. The van der Waals surface area contributed by atoms with Gasteiger partial charge in [0.2, 0.25) is 5.91 Å². The van der Waals surface area contributed by atoms with E-state index in [2.05, 4.69) is 53.8 Å². The summed E-state index contributed by atoms with van der Waals surface area (Å²) in [6.07, 6.45) is 4.94. The minimum Gasteiger partial charge on any atom is -0.353 e. The Hall–Kier alpha value is -1.91. The summed E-state index contributed by atoms with van der Waals surface area (Å²) in [6.45, 7) is 12.0. The molecule has 0 radical (unpaired) electrons. The Labute approximate surface area is 144 Å². The molecule has 1 amide bonds. The number of rotatable bonds is 3. The highest BCUT2D eigenvalue weighted by molar-refractivity contribution is 5.84. The van der Waals surface area contributed by atoms with Crippen molar-refractivity contribution in [3.63, 3.8) is 0 Å². The lowest BCUT2D eigenvalue weighted by Crippen LogP contribution is -2.37. The number of anilines is 1. The SMILES string of the molecule is CC(C)=C[C@H]1[C@@H](C(=O)N2CCCN(c3cccnn3)CC2)C1(C)C. The molecule has 0 N–H and O–H groups in total. The van der Waals surface area contributed by atoms with Crippen molar-refractivity contribution >= 4 is 11.7 Å². The van der Waals surface area contributed by atoms with Gasteiger partial charge in [-0.2, -0.15) is 5.10 Å². The molecule has 2 heterocycles. The Morgan fingerprint density at radius 3 is 2.71 bits per heavy atom. The highest BCUT2D eigenvalue weighted by atomic mass is 16.2. The van der Waals surface area contributed by atoms with E-state index >= 15 is 0 Å². The van der Waals surface area contributed by atoms with Crippen LogP contribution in [0, 0.1) is 17.3 Å². The van der Waals surface area contributed by atoms with Gasteiger partial charge in [0, 0.05) is 32.4 Å². The summed E-state index contributed by atoms with van der Waals surface area (Å²) in [4.78, 5) is 17.3. The normalized spacial score (nSPS) is 25.8. The van der Waals surface area contributed by atoms with E-state index in [1.54, 1.807) is 6.20 Å². The zero-order chi connectivity index (χ0) is 17.3. The maximum Gasteiger partial charge on any atom is 0.226 e. The fourth-order valence-corrected chi connectivity index (χ4v) is 3.85. The second-order valence-corrected chi connectivity index (χ2v) is 7.82. The zero-order valence-electron chi connectivity index (χ0n) is 15.2. The van der Waals surface area contributed by atoms with Crippen molar-refractivity contribution in [2.24, 2.45) is 17.3 Å². The maximum atomic E-state index is 13.0. The molecular weight excluding hydrogens is 300 g/mol. The van der Waals surface area contributed by atoms with Gasteiger partial charge in [0.15, 0.2) is 5.82 Å².